The number of thiazole rings is 1. The van der Waals surface area contributed by atoms with Gasteiger partial charge >= 0.3 is 5.97 Å². The SMILES string of the molecule is COC(=O)c1cnc(-c2cnn(CCCNC(=O)c3cc(OCc4ccccc4)c(OCc4ccccc4)c(C)n3)c2)s1. The van der Waals surface area contributed by atoms with E-state index in [0.29, 0.717) is 59.8 Å². The summed E-state index contributed by atoms with van der Waals surface area (Å²) in [6.07, 6.45) is 5.70. The summed E-state index contributed by atoms with van der Waals surface area (Å²) in [6, 6.07) is 21.3. The molecule has 0 saturated carbocycles. The lowest BCUT2D eigenvalue weighted by atomic mass is 10.2. The third-order valence-corrected chi connectivity index (χ3v) is 7.45. The van der Waals surface area contributed by atoms with E-state index >= 15 is 0 Å². The van der Waals surface area contributed by atoms with Crippen LogP contribution in [-0.2, 0) is 24.5 Å². The summed E-state index contributed by atoms with van der Waals surface area (Å²) in [5.74, 6) is 0.242. The summed E-state index contributed by atoms with van der Waals surface area (Å²) >= 11 is 1.25. The molecular formula is C32H31N5O5S. The smallest absolute Gasteiger partial charge is 0.349 e. The number of carbonyl (C=O) groups excluding carboxylic acids is 2. The minimum absolute atomic E-state index is 0.249. The van der Waals surface area contributed by atoms with E-state index in [0.717, 1.165) is 16.7 Å². The Kier molecular flexibility index (Phi) is 9.75. The Morgan fingerprint density at radius 2 is 1.65 bits per heavy atom. The van der Waals surface area contributed by atoms with E-state index in [-0.39, 0.29) is 11.6 Å². The zero-order chi connectivity index (χ0) is 30.0. The van der Waals surface area contributed by atoms with Crippen LogP contribution in [-0.4, -0.2) is 45.3 Å². The molecule has 3 heterocycles. The highest BCUT2D eigenvalue weighted by atomic mass is 32.1. The molecule has 0 aliphatic carbocycles. The number of pyridine rings is 1. The molecule has 5 rings (SSSR count). The van der Waals surface area contributed by atoms with Gasteiger partial charge in [0.2, 0.25) is 0 Å². The molecule has 0 fully saturated rings. The van der Waals surface area contributed by atoms with Crippen molar-refractivity contribution in [3.63, 3.8) is 0 Å². The molecule has 0 atom stereocenters. The predicted molar refractivity (Wildman–Crippen MR) is 162 cm³/mol. The molecule has 2 aromatic carbocycles. The molecule has 220 valence electrons. The molecule has 0 spiro atoms. The fourth-order valence-corrected chi connectivity index (χ4v) is 5.04. The Hall–Kier alpha value is -5.03. The molecule has 5 aromatic rings. The summed E-state index contributed by atoms with van der Waals surface area (Å²) in [7, 11) is 1.34. The molecule has 1 amide bonds. The second kappa shape index (κ2) is 14.2. The Bertz CT molecular complexity index is 1670. The quantitative estimate of drug-likeness (QED) is 0.140. The maximum atomic E-state index is 13.1. The van der Waals surface area contributed by atoms with Crippen molar-refractivity contribution in [2.75, 3.05) is 13.7 Å². The summed E-state index contributed by atoms with van der Waals surface area (Å²) in [5.41, 5.74) is 3.63. The van der Waals surface area contributed by atoms with Crippen LogP contribution in [0.2, 0.25) is 0 Å². The number of aromatic nitrogens is 4. The number of nitrogens with zero attached hydrogens (tertiary/aromatic N) is 4. The third kappa shape index (κ3) is 7.83. The maximum absolute atomic E-state index is 13.1. The number of carbonyl (C=O) groups is 2. The molecule has 43 heavy (non-hydrogen) atoms. The van der Waals surface area contributed by atoms with Crippen molar-refractivity contribution in [2.45, 2.75) is 33.1 Å². The normalized spacial score (nSPS) is 10.7. The third-order valence-electron chi connectivity index (χ3n) is 6.43. The highest BCUT2D eigenvalue weighted by Gasteiger charge is 2.18. The van der Waals surface area contributed by atoms with E-state index < -0.39 is 5.97 Å². The van der Waals surface area contributed by atoms with Crippen molar-refractivity contribution >= 4 is 23.2 Å². The summed E-state index contributed by atoms with van der Waals surface area (Å²) in [5, 5.41) is 7.99. The van der Waals surface area contributed by atoms with Gasteiger partial charge in [-0.05, 0) is 24.5 Å². The molecular weight excluding hydrogens is 566 g/mol. The van der Waals surface area contributed by atoms with Crippen LogP contribution in [0, 0.1) is 6.92 Å². The number of amides is 1. The summed E-state index contributed by atoms with van der Waals surface area (Å²) < 4.78 is 18.8. The Labute approximate surface area is 253 Å². The molecule has 0 unspecified atom stereocenters. The van der Waals surface area contributed by atoms with Gasteiger partial charge in [-0.3, -0.25) is 9.48 Å². The van der Waals surface area contributed by atoms with Crippen molar-refractivity contribution in [3.8, 4) is 22.1 Å². The van der Waals surface area contributed by atoms with Crippen molar-refractivity contribution < 1.29 is 23.8 Å². The molecule has 0 bridgehead atoms. The summed E-state index contributed by atoms with van der Waals surface area (Å²) in [6.45, 7) is 3.48. The lowest BCUT2D eigenvalue weighted by Crippen LogP contribution is -2.26. The van der Waals surface area contributed by atoms with Crippen LogP contribution < -0.4 is 14.8 Å². The van der Waals surface area contributed by atoms with Crippen molar-refractivity contribution in [1.29, 1.82) is 0 Å². The van der Waals surface area contributed by atoms with E-state index in [1.54, 1.807) is 23.9 Å². The van der Waals surface area contributed by atoms with E-state index in [9.17, 15) is 9.59 Å². The van der Waals surface area contributed by atoms with Gasteiger partial charge in [0, 0.05) is 30.9 Å². The zero-order valence-electron chi connectivity index (χ0n) is 23.9. The predicted octanol–water partition coefficient (Wildman–Crippen LogP) is 5.47. The first-order valence-corrected chi connectivity index (χ1v) is 14.5. The van der Waals surface area contributed by atoms with Gasteiger partial charge < -0.3 is 19.5 Å². The zero-order valence-corrected chi connectivity index (χ0v) is 24.7. The fourth-order valence-electron chi connectivity index (χ4n) is 4.23. The molecule has 0 radical (unpaired) electrons. The van der Waals surface area contributed by atoms with Crippen LogP contribution in [0.15, 0.2) is 85.3 Å². The van der Waals surface area contributed by atoms with Gasteiger partial charge in [-0.1, -0.05) is 60.7 Å². The fraction of sp³-hybridized carbons (Fsp3) is 0.219. The van der Waals surface area contributed by atoms with E-state index in [1.807, 2.05) is 66.9 Å². The van der Waals surface area contributed by atoms with E-state index in [4.69, 9.17) is 14.2 Å². The van der Waals surface area contributed by atoms with Gasteiger partial charge in [0.1, 0.15) is 28.8 Å². The highest BCUT2D eigenvalue weighted by molar-refractivity contribution is 7.16. The molecule has 1 N–H and O–H groups in total. The Morgan fingerprint density at radius 1 is 0.953 bits per heavy atom. The van der Waals surface area contributed by atoms with E-state index in [2.05, 4.69) is 20.4 Å². The molecule has 10 nitrogen and oxygen atoms in total. The number of benzene rings is 2. The van der Waals surface area contributed by atoms with Crippen LogP contribution in [0.4, 0.5) is 0 Å². The van der Waals surface area contributed by atoms with Gasteiger partial charge in [-0.2, -0.15) is 5.10 Å². The van der Waals surface area contributed by atoms with Crippen molar-refractivity contribution in [3.05, 3.63) is 113 Å². The first-order valence-electron chi connectivity index (χ1n) is 13.7. The molecule has 0 saturated heterocycles. The monoisotopic (exact) mass is 597 g/mol. The van der Waals surface area contributed by atoms with E-state index in [1.165, 1.54) is 24.6 Å². The number of hydrogen-bond acceptors (Lipinski definition) is 9. The largest absolute Gasteiger partial charge is 0.485 e. The number of rotatable bonds is 13. The van der Waals surface area contributed by atoms with Crippen molar-refractivity contribution in [1.82, 2.24) is 25.1 Å². The Balaban J connectivity index is 1.20. The molecule has 0 aliphatic rings. The average molecular weight is 598 g/mol. The molecule has 3 aromatic heterocycles. The minimum Gasteiger partial charge on any atom is -0.485 e. The average Bonchev–Trinajstić information content (AvgIpc) is 3.72. The van der Waals surface area contributed by atoms with Crippen LogP contribution >= 0.6 is 11.3 Å². The lowest BCUT2D eigenvalue weighted by molar-refractivity contribution is 0.0606. The maximum Gasteiger partial charge on any atom is 0.349 e. The number of esters is 1. The van der Waals surface area contributed by atoms with Gasteiger partial charge in [-0.15, -0.1) is 11.3 Å². The Morgan fingerprint density at radius 3 is 2.35 bits per heavy atom. The molecule has 0 aliphatic heterocycles. The van der Waals surface area contributed by atoms with Crippen LogP contribution in [0.1, 0.15) is 43.4 Å². The standard InChI is InChI=1S/C32H31N5O5S/c1-22-29(42-21-24-12-7-4-8-13-24)27(41-20-23-10-5-3-6-11-23)16-26(36-22)30(38)33-14-9-15-37-19-25(17-35-37)31-34-18-28(43-31)32(39)40-2/h3-8,10-13,16-19H,9,14-15,20-21H2,1-2H3,(H,33,38). The second-order valence-electron chi connectivity index (χ2n) is 9.59. The number of aryl methyl sites for hydroxylation is 2. The van der Waals surface area contributed by atoms with Crippen LogP contribution in [0.25, 0.3) is 10.6 Å². The molecule has 11 heteroatoms. The topological polar surface area (TPSA) is 117 Å². The summed E-state index contributed by atoms with van der Waals surface area (Å²) in [4.78, 5) is 34.0. The minimum atomic E-state index is -0.416. The van der Waals surface area contributed by atoms with Crippen LogP contribution in [0.5, 0.6) is 11.5 Å². The lowest BCUT2D eigenvalue weighted by Gasteiger charge is -2.16. The van der Waals surface area contributed by atoms with Crippen LogP contribution in [0.3, 0.4) is 0 Å². The second-order valence-corrected chi connectivity index (χ2v) is 10.6. The van der Waals surface area contributed by atoms with Crippen molar-refractivity contribution in [2.24, 2.45) is 0 Å². The number of hydrogen-bond donors (Lipinski definition) is 1. The first kappa shape index (κ1) is 29.5. The van der Waals surface area contributed by atoms with Gasteiger partial charge in [0.25, 0.3) is 5.91 Å². The van der Waals surface area contributed by atoms with Gasteiger partial charge in [0.15, 0.2) is 11.5 Å². The number of nitrogens with one attached hydrogen (secondary N) is 1. The highest BCUT2D eigenvalue weighted by Crippen LogP contribution is 2.32. The number of methoxy groups -OCH3 is 1. The van der Waals surface area contributed by atoms with Gasteiger partial charge in [-0.25, -0.2) is 14.8 Å². The first-order chi connectivity index (χ1) is 21.0. The van der Waals surface area contributed by atoms with Gasteiger partial charge in [0.05, 0.1) is 25.2 Å². The number of ether oxygens (including phenoxy) is 3.